The normalized spacial score (nSPS) is 10.7. The van der Waals surface area contributed by atoms with E-state index in [2.05, 4.69) is 17.4 Å². The number of hydrogen-bond donors (Lipinski definition) is 1. The summed E-state index contributed by atoms with van der Waals surface area (Å²) in [4.78, 5) is 19.6. The van der Waals surface area contributed by atoms with Crippen LogP contribution >= 0.6 is 23.1 Å². The molecular formula is C24H20N2OS2. The Labute approximate surface area is 178 Å². The second-order valence-corrected chi connectivity index (χ2v) is 8.38. The van der Waals surface area contributed by atoms with E-state index < -0.39 is 0 Å². The Balaban J connectivity index is 1.59. The molecule has 0 atom stereocenters. The molecule has 0 aliphatic carbocycles. The van der Waals surface area contributed by atoms with Gasteiger partial charge in [-0.15, -0.1) is 11.8 Å². The van der Waals surface area contributed by atoms with Gasteiger partial charge in [0.1, 0.15) is 0 Å². The molecule has 0 radical (unpaired) electrons. The molecule has 4 aromatic rings. The molecule has 0 fully saturated rings. The van der Waals surface area contributed by atoms with E-state index in [4.69, 9.17) is 4.98 Å². The number of carbonyl (C=O) groups excluding carboxylic acids is 1. The first kappa shape index (κ1) is 19.4. The maximum atomic E-state index is 12.6. The molecule has 0 unspecified atom stereocenters. The van der Waals surface area contributed by atoms with Crippen molar-refractivity contribution < 1.29 is 4.79 Å². The minimum absolute atomic E-state index is 0.0603. The average Bonchev–Trinajstić information content (AvgIpc) is 3.19. The summed E-state index contributed by atoms with van der Waals surface area (Å²) in [6, 6.07) is 28.3. The third-order valence-corrected chi connectivity index (χ3v) is 6.24. The van der Waals surface area contributed by atoms with Crippen LogP contribution in [0.5, 0.6) is 0 Å². The molecule has 4 rings (SSSR count). The van der Waals surface area contributed by atoms with Crippen molar-refractivity contribution in [2.24, 2.45) is 0 Å². The quantitative estimate of drug-likeness (QED) is 0.371. The van der Waals surface area contributed by atoms with E-state index in [1.165, 1.54) is 16.2 Å². The topological polar surface area (TPSA) is 42.0 Å². The van der Waals surface area contributed by atoms with Crippen molar-refractivity contribution in [2.75, 3.05) is 11.6 Å². The minimum atomic E-state index is -0.0603. The summed E-state index contributed by atoms with van der Waals surface area (Å²) >= 11 is 3.20. The fourth-order valence-corrected chi connectivity index (χ4v) is 4.46. The summed E-state index contributed by atoms with van der Waals surface area (Å²) in [5.74, 6) is -0.0603. The third-order valence-electron chi connectivity index (χ3n) is 4.48. The van der Waals surface area contributed by atoms with Crippen LogP contribution in [-0.4, -0.2) is 17.1 Å². The maximum Gasteiger partial charge on any atom is 0.230 e. The SMILES string of the molecule is CSc1ccc(CC(=O)Nc2nc(-c3ccccc3)c(-c3ccccc3)s2)cc1. The molecule has 0 saturated carbocycles. The number of hydrogen-bond acceptors (Lipinski definition) is 4. The van der Waals surface area contributed by atoms with Crippen molar-refractivity contribution in [2.45, 2.75) is 11.3 Å². The molecule has 0 saturated heterocycles. The van der Waals surface area contributed by atoms with Crippen LogP contribution in [0.15, 0.2) is 89.8 Å². The number of benzene rings is 3. The van der Waals surface area contributed by atoms with Crippen molar-refractivity contribution in [3.8, 4) is 21.7 Å². The number of thioether (sulfide) groups is 1. The van der Waals surface area contributed by atoms with Gasteiger partial charge in [0.25, 0.3) is 0 Å². The van der Waals surface area contributed by atoms with Crippen LogP contribution < -0.4 is 5.32 Å². The highest BCUT2D eigenvalue weighted by Gasteiger charge is 2.16. The molecule has 0 aliphatic rings. The lowest BCUT2D eigenvalue weighted by molar-refractivity contribution is -0.115. The lowest BCUT2D eigenvalue weighted by atomic mass is 10.1. The standard InChI is InChI=1S/C24H20N2OS2/c1-28-20-14-12-17(13-15-20)16-21(27)25-24-26-22(18-8-4-2-5-9-18)23(29-24)19-10-6-3-7-11-19/h2-15H,16H2,1H3,(H,25,26,27). The van der Waals surface area contributed by atoms with Crippen molar-refractivity contribution >= 4 is 34.1 Å². The van der Waals surface area contributed by atoms with Gasteiger partial charge in [-0.25, -0.2) is 4.98 Å². The number of aromatic nitrogens is 1. The van der Waals surface area contributed by atoms with Crippen LogP contribution in [0.4, 0.5) is 5.13 Å². The van der Waals surface area contributed by atoms with E-state index in [9.17, 15) is 4.79 Å². The Morgan fingerprint density at radius 1 is 0.897 bits per heavy atom. The highest BCUT2D eigenvalue weighted by molar-refractivity contribution is 7.98. The molecule has 1 amide bonds. The van der Waals surface area contributed by atoms with Gasteiger partial charge in [0.05, 0.1) is 17.0 Å². The molecule has 0 spiro atoms. The van der Waals surface area contributed by atoms with Crippen molar-refractivity contribution in [3.05, 3.63) is 90.5 Å². The van der Waals surface area contributed by atoms with Crippen LogP contribution in [0.25, 0.3) is 21.7 Å². The minimum Gasteiger partial charge on any atom is -0.302 e. The molecule has 0 aliphatic heterocycles. The van der Waals surface area contributed by atoms with Crippen LogP contribution in [0, 0.1) is 0 Å². The van der Waals surface area contributed by atoms with Crippen LogP contribution in [0.1, 0.15) is 5.56 Å². The van der Waals surface area contributed by atoms with E-state index in [1.54, 1.807) is 11.8 Å². The summed E-state index contributed by atoms with van der Waals surface area (Å²) < 4.78 is 0. The molecule has 3 nitrogen and oxygen atoms in total. The van der Waals surface area contributed by atoms with Gasteiger partial charge in [-0.2, -0.15) is 0 Å². The monoisotopic (exact) mass is 416 g/mol. The van der Waals surface area contributed by atoms with Crippen molar-refractivity contribution in [1.82, 2.24) is 4.98 Å². The predicted octanol–water partition coefficient (Wildman–Crippen LogP) is 6.38. The predicted molar refractivity (Wildman–Crippen MR) is 124 cm³/mol. The zero-order valence-electron chi connectivity index (χ0n) is 16.0. The smallest absolute Gasteiger partial charge is 0.230 e. The Bertz CT molecular complexity index is 1030. The van der Waals surface area contributed by atoms with Gasteiger partial charge >= 0.3 is 0 Å². The zero-order chi connectivity index (χ0) is 20.1. The van der Waals surface area contributed by atoms with Gasteiger partial charge in [0.15, 0.2) is 5.13 Å². The second-order valence-electron chi connectivity index (χ2n) is 6.50. The summed E-state index contributed by atoms with van der Waals surface area (Å²) in [7, 11) is 0. The van der Waals surface area contributed by atoms with Crippen molar-refractivity contribution in [1.29, 1.82) is 0 Å². The van der Waals surface area contributed by atoms with Crippen molar-refractivity contribution in [3.63, 3.8) is 0 Å². The first-order valence-corrected chi connectivity index (χ1v) is 11.3. The number of nitrogens with one attached hydrogen (secondary N) is 1. The largest absolute Gasteiger partial charge is 0.302 e. The van der Waals surface area contributed by atoms with Crippen LogP contribution in [0.2, 0.25) is 0 Å². The zero-order valence-corrected chi connectivity index (χ0v) is 17.6. The highest BCUT2D eigenvalue weighted by Crippen LogP contribution is 2.38. The first-order chi connectivity index (χ1) is 14.2. The Morgan fingerprint density at radius 3 is 2.14 bits per heavy atom. The van der Waals surface area contributed by atoms with Crippen LogP contribution in [0.3, 0.4) is 0 Å². The molecule has 144 valence electrons. The van der Waals surface area contributed by atoms with E-state index in [1.807, 2.05) is 79.1 Å². The van der Waals surface area contributed by atoms with E-state index >= 15 is 0 Å². The van der Waals surface area contributed by atoms with Gasteiger partial charge in [-0.1, -0.05) is 84.1 Å². The summed E-state index contributed by atoms with van der Waals surface area (Å²) in [6.45, 7) is 0. The summed E-state index contributed by atoms with van der Waals surface area (Å²) in [5.41, 5.74) is 4.01. The molecule has 3 aromatic carbocycles. The number of carbonyl (C=O) groups is 1. The van der Waals surface area contributed by atoms with E-state index in [-0.39, 0.29) is 5.91 Å². The van der Waals surface area contributed by atoms with Gasteiger partial charge < -0.3 is 5.32 Å². The number of amides is 1. The first-order valence-electron chi connectivity index (χ1n) is 9.27. The molecule has 29 heavy (non-hydrogen) atoms. The molecular weight excluding hydrogens is 396 g/mol. The van der Waals surface area contributed by atoms with E-state index in [0.717, 1.165) is 27.3 Å². The summed E-state index contributed by atoms with van der Waals surface area (Å²) in [6.07, 6.45) is 2.37. The highest BCUT2D eigenvalue weighted by atomic mass is 32.2. The Morgan fingerprint density at radius 2 is 1.52 bits per heavy atom. The third kappa shape index (κ3) is 4.75. The molecule has 1 heterocycles. The molecule has 1 N–H and O–H groups in total. The van der Waals surface area contributed by atoms with Crippen LogP contribution in [-0.2, 0) is 11.2 Å². The van der Waals surface area contributed by atoms with Gasteiger partial charge in [0, 0.05) is 10.5 Å². The lowest BCUT2D eigenvalue weighted by Crippen LogP contribution is -2.14. The fourth-order valence-electron chi connectivity index (χ4n) is 3.04. The molecule has 5 heteroatoms. The van der Waals surface area contributed by atoms with Gasteiger partial charge in [0.2, 0.25) is 5.91 Å². The molecule has 0 bridgehead atoms. The number of rotatable bonds is 6. The number of thiazole rings is 1. The van der Waals surface area contributed by atoms with E-state index in [0.29, 0.717) is 11.6 Å². The molecule has 1 aromatic heterocycles. The lowest BCUT2D eigenvalue weighted by Gasteiger charge is -2.03. The van der Waals surface area contributed by atoms with Gasteiger partial charge in [-0.05, 0) is 29.5 Å². The Hall–Kier alpha value is -2.89. The average molecular weight is 417 g/mol. The Kier molecular flexibility index (Phi) is 6.08. The second kappa shape index (κ2) is 9.07. The number of anilines is 1. The van der Waals surface area contributed by atoms with Gasteiger partial charge in [-0.3, -0.25) is 4.79 Å². The fraction of sp³-hybridized carbons (Fsp3) is 0.0833. The maximum absolute atomic E-state index is 12.6. The summed E-state index contributed by atoms with van der Waals surface area (Å²) in [5, 5.41) is 3.60. The number of nitrogens with zero attached hydrogens (tertiary/aromatic N) is 1.